The molecule has 5 nitrogen and oxygen atoms in total. The summed E-state index contributed by atoms with van der Waals surface area (Å²) in [6.07, 6.45) is 1.88. The first-order chi connectivity index (χ1) is 12.4. The van der Waals surface area contributed by atoms with Crippen molar-refractivity contribution in [1.82, 2.24) is 4.72 Å². The lowest BCUT2D eigenvalue weighted by molar-refractivity contribution is 0.171. The number of aryl methyl sites for hydroxylation is 1. The van der Waals surface area contributed by atoms with Crippen LogP contribution in [0.4, 0.5) is 0 Å². The topological polar surface area (TPSA) is 64.6 Å². The average molecular weight is 394 g/mol. The fraction of sp³-hybridized carbons (Fsp3) is 0.368. The molecule has 0 saturated heterocycles. The Bertz CT molecular complexity index is 954. The molecule has 1 saturated carbocycles. The highest BCUT2D eigenvalue weighted by molar-refractivity contribution is 7.89. The zero-order valence-electron chi connectivity index (χ0n) is 14.4. The first-order valence-electron chi connectivity index (χ1n) is 8.56. The second kappa shape index (κ2) is 6.44. The van der Waals surface area contributed by atoms with Crippen molar-refractivity contribution in [1.29, 1.82) is 0 Å². The second-order valence-corrected chi connectivity index (χ2v) is 9.05. The minimum absolute atomic E-state index is 0.176. The van der Waals surface area contributed by atoms with Crippen LogP contribution in [0, 0.1) is 6.92 Å². The number of halogens is 1. The quantitative estimate of drug-likeness (QED) is 0.845. The first-order valence-corrected chi connectivity index (χ1v) is 10.4. The molecule has 2 aromatic carbocycles. The molecule has 0 amide bonds. The molecule has 0 aromatic heterocycles. The molecular weight excluding hydrogens is 374 g/mol. The Balaban J connectivity index is 1.52. The second-order valence-electron chi connectivity index (χ2n) is 6.87. The van der Waals surface area contributed by atoms with Crippen molar-refractivity contribution < 1.29 is 17.9 Å². The number of rotatable bonds is 5. The Labute approximate surface area is 158 Å². The molecule has 0 bridgehead atoms. The molecule has 1 aliphatic heterocycles. The fourth-order valence-electron chi connectivity index (χ4n) is 3.19. The summed E-state index contributed by atoms with van der Waals surface area (Å²) < 4.78 is 39.2. The third kappa shape index (κ3) is 3.29. The van der Waals surface area contributed by atoms with Gasteiger partial charge in [-0.05, 0) is 61.2 Å². The van der Waals surface area contributed by atoms with Crippen molar-refractivity contribution in [3.05, 3.63) is 52.5 Å². The van der Waals surface area contributed by atoms with Gasteiger partial charge < -0.3 is 9.47 Å². The molecule has 1 fully saturated rings. The summed E-state index contributed by atoms with van der Waals surface area (Å²) in [6, 6.07) is 10.6. The number of sulfonamides is 1. The lowest BCUT2D eigenvalue weighted by atomic mass is 9.96. The highest BCUT2D eigenvalue weighted by Gasteiger charge is 2.45. The summed E-state index contributed by atoms with van der Waals surface area (Å²) >= 11 is 5.99. The molecule has 0 unspecified atom stereocenters. The Kier molecular flexibility index (Phi) is 4.37. The number of fused-ring (bicyclic) bond motifs is 1. The van der Waals surface area contributed by atoms with Gasteiger partial charge in [-0.25, -0.2) is 13.1 Å². The van der Waals surface area contributed by atoms with Gasteiger partial charge >= 0.3 is 0 Å². The van der Waals surface area contributed by atoms with Gasteiger partial charge in [0.15, 0.2) is 11.5 Å². The normalized spacial score (nSPS) is 17.8. The number of nitrogens with one attached hydrogen (secondary N) is 1. The van der Waals surface area contributed by atoms with Crippen LogP contribution >= 0.6 is 11.6 Å². The van der Waals surface area contributed by atoms with E-state index in [2.05, 4.69) is 4.72 Å². The SMILES string of the molecule is Cc1cc(S(=O)(=O)NCC2(c3ccc4c(c3)OCCO4)CC2)ccc1Cl. The zero-order chi connectivity index (χ0) is 18.4. The van der Waals surface area contributed by atoms with Gasteiger partial charge in [0.05, 0.1) is 4.90 Å². The minimum Gasteiger partial charge on any atom is -0.486 e. The van der Waals surface area contributed by atoms with Crippen molar-refractivity contribution >= 4 is 21.6 Å². The van der Waals surface area contributed by atoms with Crippen molar-refractivity contribution in [2.24, 2.45) is 0 Å². The molecule has 4 rings (SSSR count). The predicted molar refractivity (Wildman–Crippen MR) is 99.7 cm³/mol. The molecule has 1 aliphatic carbocycles. The summed E-state index contributed by atoms with van der Waals surface area (Å²) in [4.78, 5) is 0.234. The van der Waals surface area contributed by atoms with Crippen molar-refractivity contribution in [3.63, 3.8) is 0 Å². The van der Waals surface area contributed by atoms with Gasteiger partial charge in [0.25, 0.3) is 0 Å². The predicted octanol–water partition coefficient (Wildman–Crippen LogP) is 3.43. The molecule has 2 aromatic rings. The smallest absolute Gasteiger partial charge is 0.240 e. The third-order valence-electron chi connectivity index (χ3n) is 5.05. The molecular formula is C19H20ClNO4S. The number of benzene rings is 2. The summed E-state index contributed by atoms with van der Waals surface area (Å²) in [6.45, 7) is 3.24. The molecule has 2 aliphatic rings. The van der Waals surface area contributed by atoms with Gasteiger partial charge in [-0.1, -0.05) is 17.7 Å². The maximum absolute atomic E-state index is 12.6. The molecule has 0 spiro atoms. The van der Waals surface area contributed by atoms with E-state index in [-0.39, 0.29) is 10.3 Å². The van der Waals surface area contributed by atoms with E-state index in [4.69, 9.17) is 21.1 Å². The van der Waals surface area contributed by atoms with Gasteiger partial charge in [-0.3, -0.25) is 0 Å². The van der Waals surface area contributed by atoms with Gasteiger partial charge in [0.2, 0.25) is 10.0 Å². The molecule has 1 heterocycles. The highest BCUT2D eigenvalue weighted by Crippen LogP contribution is 2.49. The van der Waals surface area contributed by atoms with E-state index in [1.54, 1.807) is 19.1 Å². The van der Waals surface area contributed by atoms with Crippen LogP contribution in [0.2, 0.25) is 5.02 Å². The fourth-order valence-corrected chi connectivity index (χ4v) is 4.52. The summed E-state index contributed by atoms with van der Waals surface area (Å²) in [5.41, 5.74) is 1.64. The molecule has 0 atom stereocenters. The molecule has 138 valence electrons. The van der Waals surface area contributed by atoms with Crippen molar-refractivity contribution in [2.45, 2.75) is 30.1 Å². The van der Waals surface area contributed by atoms with Crippen LogP contribution in [0.15, 0.2) is 41.3 Å². The molecule has 0 radical (unpaired) electrons. The maximum atomic E-state index is 12.6. The van der Waals surface area contributed by atoms with Crippen LogP contribution in [-0.4, -0.2) is 28.2 Å². The van der Waals surface area contributed by atoms with Crippen LogP contribution in [-0.2, 0) is 15.4 Å². The van der Waals surface area contributed by atoms with E-state index in [1.165, 1.54) is 6.07 Å². The van der Waals surface area contributed by atoms with E-state index >= 15 is 0 Å². The molecule has 26 heavy (non-hydrogen) atoms. The number of ether oxygens (including phenoxy) is 2. The van der Waals surface area contributed by atoms with Crippen LogP contribution in [0.25, 0.3) is 0 Å². The van der Waals surface area contributed by atoms with Gasteiger partial charge in [-0.15, -0.1) is 0 Å². The van der Waals surface area contributed by atoms with Crippen molar-refractivity contribution in [3.8, 4) is 11.5 Å². The van der Waals surface area contributed by atoms with Gasteiger partial charge in [-0.2, -0.15) is 0 Å². The van der Waals surface area contributed by atoms with Crippen LogP contribution in [0.1, 0.15) is 24.0 Å². The summed E-state index contributed by atoms with van der Waals surface area (Å²) in [7, 11) is -3.58. The third-order valence-corrected chi connectivity index (χ3v) is 6.87. The first kappa shape index (κ1) is 17.6. The number of hydrogen-bond donors (Lipinski definition) is 1. The number of hydrogen-bond acceptors (Lipinski definition) is 4. The lowest BCUT2D eigenvalue weighted by Gasteiger charge is -2.22. The van der Waals surface area contributed by atoms with Gasteiger partial charge in [0.1, 0.15) is 13.2 Å². The monoisotopic (exact) mass is 393 g/mol. The Morgan fingerprint density at radius 2 is 1.81 bits per heavy atom. The standard InChI is InChI=1S/C19H20ClNO4S/c1-13-10-15(3-4-16(13)20)26(22,23)21-12-19(6-7-19)14-2-5-17-18(11-14)25-9-8-24-17/h2-5,10-11,21H,6-9,12H2,1H3. The highest BCUT2D eigenvalue weighted by atomic mass is 35.5. The molecule has 7 heteroatoms. The zero-order valence-corrected chi connectivity index (χ0v) is 16.0. The summed E-state index contributed by atoms with van der Waals surface area (Å²) in [5.74, 6) is 1.48. The molecule has 1 N–H and O–H groups in total. The van der Waals surface area contributed by atoms with E-state index in [1.807, 2.05) is 18.2 Å². The van der Waals surface area contributed by atoms with Crippen LogP contribution < -0.4 is 14.2 Å². The van der Waals surface area contributed by atoms with E-state index < -0.39 is 10.0 Å². The maximum Gasteiger partial charge on any atom is 0.240 e. The lowest BCUT2D eigenvalue weighted by Crippen LogP contribution is -2.32. The van der Waals surface area contributed by atoms with Crippen molar-refractivity contribution in [2.75, 3.05) is 19.8 Å². The van der Waals surface area contributed by atoms with Gasteiger partial charge in [0, 0.05) is 17.0 Å². The Morgan fingerprint density at radius 1 is 1.08 bits per heavy atom. The minimum atomic E-state index is -3.58. The van der Waals surface area contributed by atoms with E-state index in [0.29, 0.717) is 24.8 Å². The van der Waals surface area contributed by atoms with Crippen LogP contribution in [0.5, 0.6) is 11.5 Å². The van der Waals surface area contributed by atoms with E-state index in [9.17, 15) is 8.42 Å². The van der Waals surface area contributed by atoms with E-state index in [0.717, 1.165) is 35.5 Å². The Morgan fingerprint density at radius 3 is 2.50 bits per heavy atom. The largest absolute Gasteiger partial charge is 0.486 e. The average Bonchev–Trinajstić information content (AvgIpc) is 3.43. The summed E-state index contributed by atoms with van der Waals surface area (Å²) in [5, 5.41) is 0.555. The Hall–Kier alpha value is -1.76. The van der Waals surface area contributed by atoms with Crippen LogP contribution in [0.3, 0.4) is 0 Å².